The zero-order valence-corrected chi connectivity index (χ0v) is 30.1. The number of carbonyl (C=O) groups is 5. The van der Waals surface area contributed by atoms with Crippen molar-refractivity contribution in [1.82, 2.24) is 19.8 Å². The van der Waals surface area contributed by atoms with Crippen LogP contribution in [0.3, 0.4) is 0 Å². The van der Waals surface area contributed by atoms with Gasteiger partial charge in [-0.25, -0.2) is 22.4 Å². The molecule has 0 bridgehead atoms. The van der Waals surface area contributed by atoms with Crippen LogP contribution in [0.4, 0.5) is 14.0 Å². The number of Topliss-reactive ketones (excluding diaryl/α,β-unsaturated/α-hetero) is 1. The molecule has 5 aliphatic rings. The van der Waals surface area contributed by atoms with Crippen molar-refractivity contribution in [1.29, 1.82) is 0 Å². The standard InChI is InChI=1S/C37H49FN4O9S/c1-22-15-31(22)52(48,49)40-33(45)37-17-24(37)12-8-6-5-7-9-14-28(39-34(46)51-36(2,3)4)32(44)42-20-25(16-29(42)30(43)18-37)50-35(47)41-19-23-11-10-13-27(38)26(23)21-41/h8,10-13,22,24-25,28-29,31H,5-7,9,14-21H2,1-4H3,(H,39,46)(H,40,45)/b12-8-/t22?,24-,25+,28-,29-,31?,37+/m0/s1/i2D3,15D2,22D,31D. The third-order valence-corrected chi connectivity index (χ3v) is 11.6. The summed E-state index contributed by atoms with van der Waals surface area (Å²) in [5, 5.41) is -0.568. The second-order valence-corrected chi connectivity index (χ2v) is 16.4. The first-order valence-electron chi connectivity index (χ1n) is 21.0. The Hall–Kier alpha value is -4.01. The van der Waals surface area contributed by atoms with Crippen LogP contribution in [0.2, 0.25) is 0 Å². The molecule has 7 atom stereocenters. The number of sulfonamides is 1. The molecule has 13 nitrogen and oxygen atoms in total. The molecule has 0 radical (unpaired) electrons. The second-order valence-electron chi connectivity index (χ2n) is 14.8. The fraction of sp³-hybridized carbons (Fsp3) is 0.649. The number of alkyl carbamates (subject to hydrolysis) is 1. The maximum Gasteiger partial charge on any atom is 0.410 e. The summed E-state index contributed by atoms with van der Waals surface area (Å²) in [5.74, 6) is -6.25. The highest BCUT2D eigenvalue weighted by Gasteiger charge is 2.62. The number of ether oxygens (including phenoxy) is 2. The minimum atomic E-state index is -5.13. The summed E-state index contributed by atoms with van der Waals surface area (Å²) in [4.78, 5) is 71.8. The van der Waals surface area contributed by atoms with Gasteiger partial charge in [-0.15, -0.1) is 0 Å². The Balaban J connectivity index is 1.28. The van der Waals surface area contributed by atoms with Crippen molar-refractivity contribution in [3.63, 3.8) is 0 Å². The van der Waals surface area contributed by atoms with E-state index >= 15 is 0 Å². The summed E-state index contributed by atoms with van der Waals surface area (Å²) >= 11 is 0. The van der Waals surface area contributed by atoms with E-state index in [1.807, 2.05) is 0 Å². The summed E-state index contributed by atoms with van der Waals surface area (Å²) in [7, 11) is -5.13. The normalized spacial score (nSPS) is 37.3. The van der Waals surface area contributed by atoms with Crippen LogP contribution in [0.1, 0.15) is 106 Å². The largest absolute Gasteiger partial charge is 0.444 e. The number of rotatable bonds is 5. The number of nitrogens with zero attached hydrogens (tertiary/aromatic N) is 2. The number of carbonyl (C=O) groups excluding carboxylic acids is 5. The lowest BCUT2D eigenvalue weighted by molar-refractivity contribution is -0.140. The lowest BCUT2D eigenvalue weighted by Crippen LogP contribution is -2.53. The van der Waals surface area contributed by atoms with Gasteiger partial charge in [-0.3, -0.25) is 24.0 Å². The Bertz CT molecular complexity index is 2050. The van der Waals surface area contributed by atoms with E-state index in [1.54, 1.807) is 22.9 Å². The van der Waals surface area contributed by atoms with Gasteiger partial charge in [0.15, 0.2) is 5.78 Å². The number of nitrogens with one attached hydrogen (secondary N) is 2. The monoisotopic (exact) mass is 751 g/mol. The van der Waals surface area contributed by atoms with Gasteiger partial charge >= 0.3 is 12.2 Å². The van der Waals surface area contributed by atoms with Crippen LogP contribution in [0.5, 0.6) is 0 Å². The van der Waals surface area contributed by atoms with E-state index in [0.29, 0.717) is 36.8 Å². The van der Waals surface area contributed by atoms with E-state index in [2.05, 4.69) is 5.32 Å². The average Bonchev–Trinajstić information content (AvgIpc) is 3.58. The fourth-order valence-corrected chi connectivity index (χ4v) is 8.55. The van der Waals surface area contributed by atoms with Crippen molar-refractivity contribution in [3.05, 3.63) is 47.3 Å². The van der Waals surface area contributed by atoms with Crippen LogP contribution in [-0.4, -0.2) is 83.6 Å². The molecular weight excluding hydrogens is 695 g/mol. The molecular formula is C37H49FN4O9S. The number of halogens is 1. The highest BCUT2D eigenvalue weighted by Crippen LogP contribution is 2.57. The summed E-state index contributed by atoms with van der Waals surface area (Å²) in [6, 6.07) is 1.73. The number of benzene rings is 1. The Morgan fingerprint density at radius 3 is 2.65 bits per heavy atom. The Morgan fingerprint density at radius 1 is 1.17 bits per heavy atom. The van der Waals surface area contributed by atoms with Gasteiger partial charge in [-0.1, -0.05) is 44.1 Å². The van der Waals surface area contributed by atoms with E-state index in [1.165, 1.54) is 30.9 Å². The molecule has 4 amide bonds. The van der Waals surface area contributed by atoms with Gasteiger partial charge < -0.3 is 19.7 Å². The predicted octanol–water partition coefficient (Wildman–Crippen LogP) is 4.48. The predicted molar refractivity (Wildman–Crippen MR) is 186 cm³/mol. The van der Waals surface area contributed by atoms with Gasteiger partial charge in [0, 0.05) is 34.5 Å². The lowest BCUT2D eigenvalue weighted by Gasteiger charge is -2.30. The van der Waals surface area contributed by atoms with Crippen molar-refractivity contribution in [2.24, 2.45) is 17.2 Å². The first-order valence-corrected chi connectivity index (χ1v) is 19.0. The number of hydrogen-bond acceptors (Lipinski definition) is 9. The fourth-order valence-electron chi connectivity index (χ4n) is 7.31. The second kappa shape index (κ2) is 14.4. The highest BCUT2D eigenvalue weighted by molar-refractivity contribution is 7.91. The first kappa shape index (κ1) is 29.4. The summed E-state index contributed by atoms with van der Waals surface area (Å²) in [5.41, 5.74) is -2.75. The van der Waals surface area contributed by atoms with E-state index in [-0.39, 0.29) is 38.9 Å². The molecule has 3 heterocycles. The van der Waals surface area contributed by atoms with Crippen LogP contribution < -0.4 is 10.0 Å². The molecule has 1 aromatic rings. The van der Waals surface area contributed by atoms with Gasteiger partial charge in [0.25, 0.3) is 0 Å². The molecule has 6 rings (SSSR count). The average molecular weight is 752 g/mol. The number of fused-ring (bicyclic) bond motifs is 3. The van der Waals surface area contributed by atoms with Gasteiger partial charge in [-0.2, -0.15) is 0 Å². The number of amides is 4. The molecule has 1 saturated heterocycles. The van der Waals surface area contributed by atoms with Crippen molar-refractivity contribution in [2.45, 2.75) is 127 Å². The van der Waals surface area contributed by atoms with E-state index in [0.717, 1.165) is 11.8 Å². The van der Waals surface area contributed by atoms with Gasteiger partial charge in [0.1, 0.15) is 23.6 Å². The van der Waals surface area contributed by atoms with Crippen LogP contribution in [-0.2, 0) is 47.0 Å². The number of hydrogen-bond donors (Lipinski definition) is 2. The van der Waals surface area contributed by atoms with E-state index in [9.17, 15) is 36.8 Å². The number of allylic oxidation sites excluding steroid dienone is 2. The Morgan fingerprint density at radius 2 is 1.94 bits per heavy atom. The molecule has 2 aliphatic carbocycles. The van der Waals surface area contributed by atoms with Crippen molar-refractivity contribution < 1.29 is 55.8 Å². The summed E-state index contributed by atoms with van der Waals surface area (Å²) < 4.78 is 110. The third-order valence-electron chi connectivity index (χ3n) is 10.2. The van der Waals surface area contributed by atoms with Crippen LogP contribution >= 0.6 is 0 Å². The van der Waals surface area contributed by atoms with Crippen molar-refractivity contribution in [3.8, 4) is 0 Å². The van der Waals surface area contributed by atoms with Crippen molar-refractivity contribution in [2.75, 3.05) is 6.54 Å². The molecule has 0 spiro atoms. The summed E-state index contributed by atoms with van der Waals surface area (Å²) in [6.07, 6.45) is -1.31. The molecule has 3 aliphatic heterocycles. The Kier molecular flexibility index (Phi) is 8.17. The molecule has 0 aromatic heterocycles. The maximum atomic E-state index is 14.5. The van der Waals surface area contributed by atoms with Crippen molar-refractivity contribution >= 4 is 39.8 Å². The smallest absolute Gasteiger partial charge is 0.410 e. The van der Waals surface area contributed by atoms with Gasteiger partial charge in [-0.05, 0) is 76.2 Å². The number of ketones is 1. The van der Waals surface area contributed by atoms with Crippen LogP contribution in [0, 0.1) is 23.0 Å². The Labute approximate surface area is 313 Å². The van der Waals surface area contributed by atoms with E-state index < -0.39 is 112 Å². The quantitative estimate of drug-likeness (QED) is 0.412. The summed E-state index contributed by atoms with van der Waals surface area (Å²) in [6.45, 7) is 0.195. The molecule has 284 valence electrons. The minimum absolute atomic E-state index is 0.00686. The molecule has 2 saturated carbocycles. The minimum Gasteiger partial charge on any atom is -0.444 e. The third kappa shape index (κ3) is 8.29. The molecule has 2 unspecified atom stereocenters. The van der Waals surface area contributed by atoms with Crippen LogP contribution in [0.15, 0.2) is 30.4 Å². The molecule has 52 heavy (non-hydrogen) atoms. The zero-order chi connectivity index (χ0) is 43.7. The SMILES string of the molecule is [2H]C([2H])([2H])C(C)(C)OC(=O)N[C@H]1CCCCC/C=C\[C@H]2C[C@@]2(C(=O)NS(=O)(=O)C2([2H])C([2H])([2H])C2([2H])C)CC(=O)[C@@H]2C[C@@H](OC(=O)N3Cc4cccc(F)c4C3)CN2C1=O. The topological polar surface area (TPSA) is 168 Å². The molecule has 15 heteroatoms. The van der Waals surface area contributed by atoms with E-state index in [4.69, 9.17) is 19.1 Å². The highest BCUT2D eigenvalue weighted by atomic mass is 32.2. The molecule has 2 N–H and O–H groups in total. The van der Waals surface area contributed by atoms with Gasteiger partial charge in [0.05, 0.1) is 29.8 Å². The lowest BCUT2D eigenvalue weighted by atomic mass is 9.91. The van der Waals surface area contributed by atoms with Gasteiger partial charge in [0.2, 0.25) is 21.8 Å². The maximum absolute atomic E-state index is 14.5. The van der Waals surface area contributed by atoms with Crippen LogP contribution in [0.25, 0.3) is 0 Å². The molecule has 3 fully saturated rings. The molecule has 1 aromatic carbocycles. The zero-order valence-electron chi connectivity index (χ0n) is 36.3. The first-order chi connectivity index (χ1) is 27.2.